The van der Waals surface area contributed by atoms with Crippen molar-refractivity contribution in [2.24, 2.45) is 11.3 Å². The van der Waals surface area contributed by atoms with Gasteiger partial charge < -0.3 is 4.74 Å². The first-order valence-corrected chi connectivity index (χ1v) is 5.80. The Kier molecular flexibility index (Phi) is 6.30. The zero-order chi connectivity index (χ0) is 11.9. The van der Waals surface area contributed by atoms with E-state index in [9.17, 15) is 4.79 Å². The summed E-state index contributed by atoms with van der Waals surface area (Å²) in [6.45, 7) is 12.1. The zero-order valence-corrected chi connectivity index (χ0v) is 10.5. The van der Waals surface area contributed by atoms with E-state index in [4.69, 9.17) is 4.74 Å². The van der Waals surface area contributed by atoms with Gasteiger partial charge in [0.2, 0.25) is 0 Å². The van der Waals surface area contributed by atoms with Crippen molar-refractivity contribution in [3.05, 3.63) is 12.7 Å². The first kappa shape index (κ1) is 14.2. The maximum atomic E-state index is 11.8. The Morgan fingerprint density at radius 2 is 2.07 bits per heavy atom. The number of rotatable bonds is 7. The van der Waals surface area contributed by atoms with Gasteiger partial charge >= 0.3 is 5.97 Å². The summed E-state index contributed by atoms with van der Waals surface area (Å²) in [7, 11) is 0. The highest BCUT2D eigenvalue weighted by Crippen LogP contribution is 2.33. The molecule has 1 atom stereocenters. The molecule has 0 aromatic heterocycles. The van der Waals surface area contributed by atoms with Crippen molar-refractivity contribution >= 4 is 5.97 Å². The van der Waals surface area contributed by atoms with Gasteiger partial charge in [0, 0.05) is 0 Å². The van der Waals surface area contributed by atoms with Crippen molar-refractivity contribution in [1.82, 2.24) is 0 Å². The lowest BCUT2D eigenvalue weighted by atomic mass is 9.76. The van der Waals surface area contributed by atoms with E-state index in [0.717, 1.165) is 19.3 Å². The fraction of sp³-hybridized carbons (Fsp3) is 0.769. The normalized spacial score (nSPS) is 13.3. The molecular formula is C13H24O2. The van der Waals surface area contributed by atoms with Crippen LogP contribution in [0, 0.1) is 11.3 Å². The second-order valence-electron chi connectivity index (χ2n) is 4.43. The van der Waals surface area contributed by atoms with Crippen LogP contribution in [0.2, 0.25) is 0 Å². The van der Waals surface area contributed by atoms with Gasteiger partial charge in [-0.3, -0.25) is 4.79 Å². The van der Waals surface area contributed by atoms with Gasteiger partial charge in [0.05, 0.1) is 12.0 Å². The Labute approximate surface area is 93.7 Å². The van der Waals surface area contributed by atoms with Crippen molar-refractivity contribution in [2.75, 3.05) is 6.61 Å². The van der Waals surface area contributed by atoms with Crippen LogP contribution >= 0.6 is 0 Å². The monoisotopic (exact) mass is 212 g/mol. The summed E-state index contributed by atoms with van der Waals surface area (Å²) in [5.41, 5.74) is -0.451. The average Bonchev–Trinajstić information content (AvgIpc) is 2.19. The van der Waals surface area contributed by atoms with E-state index in [1.807, 2.05) is 26.8 Å². The summed E-state index contributed by atoms with van der Waals surface area (Å²) in [6, 6.07) is 0. The number of carbonyl (C=O) groups is 1. The molecule has 0 heterocycles. The Bertz CT molecular complexity index is 207. The lowest BCUT2D eigenvalue weighted by Crippen LogP contribution is -2.33. The van der Waals surface area contributed by atoms with Crippen LogP contribution in [0.3, 0.4) is 0 Å². The number of hydrogen-bond acceptors (Lipinski definition) is 2. The molecule has 0 aliphatic heterocycles. The molecule has 0 aromatic rings. The molecule has 0 rings (SSSR count). The maximum Gasteiger partial charge on any atom is 0.312 e. The average molecular weight is 212 g/mol. The van der Waals surface area contributed by atoms with Crippen molar-refractivity contribution in [1.29, 1.82) is 0 Å². The molecule has 0 amide bonds. The van der Waals surface area contributed by atoms with Crippen LogP contribution in [-0.4, -0.2) is 12.6 Å². The maximum absolute atomic E-state index is 11.8. The number of allylic oxidation sites excluding steroid dienone is 1. The Balaban J connectivity index is 4.48. The van der Waals surface area contributed by atoms with Gasteiger partial charge in [-0.1, -0.05) is 25.8 Å². The quantitative estimate of drug-likeness (QED) is 0.476. The lowest BCUT2D eigenvalue weighted by molar-refractivity contribution is -0.155. The van der Waals surface area contributed by atoms with Gasteiger partial charge in [-0.2, -0.15) is 0 Å². The van der Waals surface area contributed by atoms with Crippen LogP contribution in [0.4, 0.5) is 0 Å². The third kappa shape index (κ3) is 4.06. The second-order valence-corrected chi connectivity index (χ2v) is 4.43. The summed E-state index contributed by atoms with van der Waals surface area (Å²) in [6.07, 6.45) is 5.15. The number of unbranched alkanes of at least 4 members (excludes halogenated alkanes) is 1. The Morgan fingerprint density at radius 1 is 1.47 bits per heavy atom. The third-order valence-electron chi connectivity index (χ3n) is 2.88. The molecule has 0 radical (unpaired) electrons. The molecule has 0 spiro atoms. The highest BCUT2D eigenvalue weighted by Gasteiger charge is 2.35. The molecule has 0 fully saturated rings. The van der Waals surface area contributed by atoms with Crippen LogP contribution in [0.25, 0.3) is 0 Å². The van der Waals surface area contributed by atoms with Crippen molar-refractivity contribution in [3.8, 4) is 0 Å². The number of hydrogen-bond donors (Lipinski definition) is 0. The van der Waals surface area contributed by atoms with Crippen molar-refractivity contribution in [2.45, 2.75) is 47.0 Å². The van der Waals surface area contributed by atoms with Crippen LogP contribution in [0.1, 0.15) is 47.0 Å². The minimum Gasteiger partial charge on any atom is -0.466 e. The smallest absolute Gasteiger partial charge is 0.312 e. The lowest BCUT2D eigenvalue weighted by Gasteiger charge is -2.29. The van der Waals surface area contributed by atoms with Gasteiger partial charge in [-0.05, 0) is 33.1 Å². The fourth-order valence-electron chi connectivity index (χ4n) is 1.67. The Morgan fingerprint density at radius 3 is 2.47 bits per heavy atom. The van der Waals surface area contributed by atoms with E-state index in [2.05, 4.69) is 13.5 Å². The van der Waals surface area contributed by atoms with Crippen LogP contribution in [-0.2, 0) is 9.53 Å². The SMILES string of the molecule is C=CC(CCCC)C(C)(C)C(=O)OCC. The summed E-state index contributed by atoms with van der Waals surface area (Å²) in [5.74, 6) is 0.0857. The molecule has 0 saturated heterocycles. The van der Waals surface area contributed by atoms with E-state index in [1.54, 1.807) is 0 Å². The van der Waals surface area contributed by atoms with Gasteiger partial charge in [-0.15, -0.1) is 6.58 Å². The topological polar surface area (TPSA) is 26.3 Å². The molecule has 2 nitrogen and oxygen atoms in total. The third-order valence-corrected chi connectivity index (χ3v) is 2.88. The largest absolute Gasteiger partial charge is 0.466 e. The van der Waals surface area contributed by atoms with Crippen LogP contribution in [0.15, 0.2) is 12.7 Å². The van der Waals surface area contributed by atoms with Crippen LogP contribution < -0.4 is 0 Å². The van der Waals surface area contributed by atoms with Crippen LogP contribution in [0.5, 0.6) is 0 Å². The highest BCUT2D eigenvalue weighted by atomic mass is 16.5. The highest BCUT2D eigenvalue weighted by molar-refractivity contribution is 5.76. The predicted molar refractivity (Wildman–Crippen MR) is 63.6 cm³/mol. The van der Waals surface area contributed by atoms with E-state index in [1.165, 1.54) is 0 Å². The second kappa shape index (κ2) is 6.65. The molecule has 0 aliphatic rings. The molecule has 0 bridgehead atoms. The van der Waals surface area contributed by atoms with E-state index < -0.39 is 5.41 Å². The first-order chi connectivity index (χ1) is 7.00. The van der Waals surface area contributed by atoms with Crippen molar-refractivity contribution < 1.29 is 9.53 Å². The molecule has 0 aliphatic carbocycles. The molecule has 0 N–H and O–H groups in total. The van der Waals surface area contributed by atoms with Gasteiger partial charge in [-0.25, -0.2) is 0 Å². The van der Waals surface area contributed by atoms with Gasteiger partial charge in [0.15, 0.2) is 0 Å². The Hall–Kier alpha value is -0.790. The number of ether oxygens (including phenoxy) is 1. The van der Waals surface area contributed by atoms with Gasteiger partial charge in [0.25, 0.3) is 0 Å². The predicted octanol–water partition coefficient (Wildman–Crippen LogP) is 3.57. The fourth-order valence-corrected chi connectivity index (χ4v) is 1.67. The minimum atomic E-state index is -0.451. The van der Waals surface area contributed by atoms with Crippen molar-refractivity contribution in [3.63, 3.8) is 0 Å². The van der Waals surface area contributed by atoms with E-state index in [0.29, 0.717) is 6.61 Å². The molecule has 15 heavy (non-hydrogen) atoms. The van der Waals surface area contributed by atoms with E-state index in [-0.39, 0.29) is 11.9 Å². The summed E-state index contributed by atoms with van der Waals surface area (Å²) < 4.78 is 5.08. The summed E-state index contributed by atoms with van der Waals surface area (Å²) in [5, 5.41) is 0. The summed E-state index contributed by atoms with van der Waals surface area (Å²) >= 11 is 0. The molecule has 1 unspecified atom stereocenters. The molecule has 0 saturated carbocycles. The standard InChI is InChI=1S/C13H24O2/c1-6-9-10-11(7-2)13(4,5)12(14)15-8-3/h7,11H,2,6,8-10H2,1,3-5H3. The molecular weight excluding hydrogens is 188 g/mol. The number of esters is 1. The number of carbonyl (C=O) groups excluding carboxylic acids is 1. The van der Waals surface area contributed by atoms with E-state index >= 15 is 0 Å². The molecule has 2 heteroatoms. The first-order valence-electron chi connectivity index (χ1n) is 5.80. The minimum absolute atomic E-state index is 0.119. The zero-order valence-electron chi connectivity index (χ0n) is 10.5. The molecule has 88 valence electrons. The van der Waals surface area contributed by atoms with Gasteiger partial charge in [0.1, 0.15) is 0 Å². The molecule has 0 aromatic carbocycles. The summed E-state index contributed by atoms with van der Waals surface area (Å²) in [4.78, 5) is 11.8.